The van der Waals surface area contributed by atoms with Gasteiger partial charge < -0.3 is 13.8 Å². The molecule has 2 aromatic rings. The van der Waals surface area contributed by atoms with Gasteiger partial charge in [-0.15, -0.1) is 0 Å². The molecule has 0 aliphatic rings. The summed E-state index contributed by atoms with van der Waals surface area (Å²) in [6.45, 7) is 9.45. The van der Waals surface area contributed by atoms with E-state index in [-0.39, 0.29) is 13.2 Å². The fourth-order valence-corrected chi connectivity index (χ4v) is 5.17. The second-order valence-electron chi connectivity index (χ2n) is 8.13. The van der Waals surface area contributed by atoms with Crippen molar-refractivity contribution in [3.05, 3.63) is 71.8 Å². The summed E-state index contributed by atoms with van der Waals surface area (Å²) in [4.78, 5) is 13.1. The Labute approximate surface area is 185 Å². The smallest absolute Gasteiger partial charge is 0.351 e. The van der Waals surface area contributed by atoms with Crippen LogP contribution in [0.1, 0.15) is 51.5 Å². The Morgan fingerprint density at radius 3 is 1.94 bits per heavy atom. The van der Waals surface area contributed by atoms with Crippen LogP contribution in [0.4, 0.5) is 0 Å². The molecule has 2 unspecified atom stereocenters. The first kappa shape index (κ1) is 25.3. The number of carbonyl (C=O) groups excluding carboxylic acids is 1. The average Bonchev–Trinajstić information content (AvgIpc) is 2.71. The van der Waals surface area contributed by atoms with Gasteiger partial charge in [0.1, 0.15) is 17.4 Å². The van der Waals surface area contributed by atoms with Crippen LogP contribution in [0, 0.1) is 0 Å². The van der Waals surface area contributed by atoms with Gasteiger partial charge in [-0.1, -0.05) is 60.7 Å². The molecular formula is C24H34NO5P. The maximum atomic E-state index is 13.8. The van der Waals surface area contributed by atoms with Gasteiger partial charge in [0, 0.05) is 0 Å². The predicted octanol–water partition coefficient (Wildman–Crippen LogP) is 5.49. The molecule has 0 saturated carbocycles. The van der Waals surface area contributed by atoms with Crippen molar-refractivity contribution in [2.75, 3.05) is 13.2 Å². The first-order valence-electron chi connectivity index (χ1n) is 10.6. The highest BCUT2D eigenvalue weighted by Gasteiger charge is 2.40. The van der Waals surface area contributed by atoms with E-state index in [1.54, 1.807) is 13.8 Å². The molecule has 0 aromatic heterocycles. The first-order valence-corrected chi connectivity index (χ1v) is 12.3. The topological polar surface area (TPSA) is 73.9 Å². The van der Waals surface area contributed by atoms with Crippen LogP contribution >= 0.6 is 7.60 Å². The summed E-state index contributed by atoms with van der Waals surface area (Å²) in [6.07, 6.45) is 0.372. The number of hydrogen-bond donors (Lipinski definition) is 1. The molecule has 0 aliphatic carbocycles. The number of hydrogen-bond acceptors (Lipinski definition) is 6. The molecular weight excluding hydrogens is 413 g/mol. The molecule has 0 fully saturated rings. The molecule has 0 heterocycles. The number of benzene rings is 2. The number of esters is 1. The van der Waals surface area contributed by atoms with Gasteiger partial charge in [0.2, 0.25) is 0 Å². The van der Waals surface area contributed by atoms with Crippen molar-refractivity contribution < 1.29 is 23.1 Å². The Morgan fingerprint density at radius 1 is 0.935 bits per heavy atom. The van der Waals surface area contributed by atoms with Gasteiger partial charge in [-0.25, -0.2) is 0 Å². The van der Waals surface area contributed by atoms with Gasteiger partial charge in [-0.05, 0) is 52.2 Å². The molecule has 170 valence electrons. The van der Waals surface area contributed by atoms with Crippen molar-refractivity contribution in [1.82, 2.24) is 5.32 Å². The van der Waals surface area contributed by atoms with Crippen molar-refractivity contribution in [3.8, 4) is 0 Å². The monoisotopic (exact) mass is 447 g/mol. The molecule has 2 atom stereocenters. The largest absolute Gasteiger partial charge is 0.459 e. The maximum Gasteiger partial charge on any atom is 0.351 e. The van der Waals surface area contributed by atoms with E-state index in [4.69, 9.17) is 13.8 Å². The molecule has 7 heteroatoms. The standard InChI is InChI=1S/C24H34NO5P/c1-6-28-31(27,29-7-2)22(20-16-12-9-13-17-20)25-21(23(26)30-24(3,4)5)18-19-14-10-8-11-15-19/h8-17,21-22,25H,6-7,18H2,1-5H3. The highest BCUT2D eigenvalue weighted by molar-refractivity contribution is 7.54. The second kappa shape index (κ2) is 11.6. The van der Waals surface area contributed by atoms with Crippen LogP contribution in [0.15, 0.2) is 60.7 Å². The van der Waals surface area contributed by atoms with E-state index in [9.17, 15) is 9.36 Å². The molecule has 0 bridgehead atoms. The highest BCUT2D eigenvalue weighted by atomic mass is 31.2. The normalized spacial score (nSPS) is 14.1. The summed E-state index contributed by atoms with van der Waals surface area (Å²) in [7, 11) is -3.62. The molecule has 0 amide bonds. The molecule has 2 rings (SSSR count). The number of ether oxygens (including phenoxy) is 1. The minimum Gasteiger partial charge on any atom is -0.459 e. The van der Waals surface area contributed by atoms with Crippen molar-refractivity contribution in [2.45, 2.75) is 58.5 Å². The SMILES string of the molecule is CCOP(=O)(OCC)C(NC(Cc1ccccc1)C(=O)OC(C)(C)C)c1ccccc1. The fourth-order valence-electron chi connectivity index (χ4n) is 3.18. The first-order chi connectivity index (χ1) is 14.7. The van der Waals surface area contributed by atoms with Crippen LogP contribution < -0.4 is 5.32 Å². The van der Waals surface area contributed by atoms with E-state index in [0.717, 1.165) is 5.56 Å². The second-order valence-corrected chi connectivity index (χ2v) is 10.2. The van der Waals surface area contributed by atoms with Crippen LogP contribution in [-0.2, 0) is 29.6 Å². The Hall–Kier alpha value is -1.98. The number of carbonyl (C=O) groups is 1. The van der Waals surface area contributed by atoms with E-state index in [1.165, 1.54) is 0 Å². The summed E-state index contributed by atoms with van der Waals surface area (Å²) in [5.74, 6) is -1.24. The minimum absolute atomic E-state index is 0.220. The quantitative estimate of drug-likeness (QED) is 0.363. The molecule has 6 nitrogen and oxygen atoms in total. The van der Waals surface area contributed by atoms with Crippen molar-refractivity contribution in [3.63, 3.8) is 0 Å². The Balaban J connectivity index is 2.44. The van der Waals surface area contributed by atoms with Crippen LogP contribution in [0.3, 0.4) is 0 Å². The van der Waals surface area contributed by atoms with Crippen LogP contribution in [0.25, 0.3) is 0 Å². The van der Waals surface area contributed by atoms with Gasteiger partial charge in [-0.2, -0.15) is 0 Å². The van der Waals surface area contributed by atoms with Gasteiger partial charge in [0.25, 0.3) is 0 Å². The predicted molar refractivity (Wildman–Crippen MR) is 123 cm³/mol. The Kier molecular flexibility index (Phi) is 9.45. The number of rotatable bonds is 11. The summed E-state index contributed by atoms with van der Waals surface area (Å²) in [5, 5.41) is 3.26. The lowest BCUT2D eigenvalue weighted by Crippen LogP contribution is -2.44. The average molecular weight is 448 g/mol. The zero-order chi connectivity index (χ0) is 22.9. The van der Waals surface area contributed by atoms with Crippen molar-refractivity contribution >= 4 is 13.6 Å². The molecule has 31 heavy (non-hydrogen) atoms. The third kappa shape index (κ3) is 7.89. The van der Waals surface area contributed by atoms with Gasteiger partial charge >= 0.3 is 13.6 Å². The van der Waals surface area contributed by atoms with E-state index in [1.807, 2.05) is 81.4 Å². The van der Waals surface area contributed by atoms with Crippen molar-refractivity contribution in [2.24, 2.45) is 0 Å². The molecule has 0 saturated heterocycles. The van der Waals surface area contributed by atoms with E-state index in [0.29, 0.717) is 12.0 Å². The Morgan fingerprint density at radius 2 is 1.45 bits per heavy atom. The molecule has 2 aromatic carbocycles. The molecule has 1 N–H and O–H groups in total. The minimum atomic E-state index is -3.62. The zero-order valence-electron chi connectivity index (χ0n) is 19.0. The summed E-state index contributed by atoms with van der Waals surface area (Å²) in [6, 6.07) is 18.2. The maximum absolute atomic E-state index is 13.8. The van der Waals surface area contributed by atoms with Gasteiger partial charge in [-0.3, -0.25) is 14.7 Å². The summed E-state index contributed by atoms with van der Waals surface area (Å²) < 4.78 is 30.7. The van der Waals surface area contributed by atoms with Gasteiger partial charge in [0.15, 0.2) is 0 Å². The fraction of sp³-hybridized carbons (Fsp3) is 0.458. The van der Waals surface area contributed by atoms with Gasteiger partial charge in [0.05, 0.1) is 13.2 Å². The van der Waals surface area contributed by atoms with Crippen molar-refractivity contribution in [1.29, 1.82) is 0 Å². The number of nitrogens with one attached hydrogen (secondary N) is 1. The summed E-state index contributed by atoms with van der Waals surface area (Å²) >= 11 is 0. The van der Waals surface area contributed by atoms with E-state index in [2.05, 4.69) is 5.32 Å². The lowest BCUT2D eigenvalue weighted by atomic mass is 10.0. The highest BCUT2D eigenvalue weighted by Crippen LogP contribution is 2.59. The zero-order valence-corrected chi connectivity index (χ0v) is 19.9. The molecule has 0 aliphatic heterocycles. The molecule has 0 spiro atoms. The lowest BCUT2D eigenvalue weighted by molar-refractivity contribution is -0.157. The Bertz CT molecular complexity index is 841. The van der Waals surface area contributed by atoms with Crippen LogP contribution in [0.2, 0.25) is 0 Å². The molecule has 0 radical (unpaired) electrons. The third-order valence-electron chi connectivity index (χ3n) is 4.38. The van der Waals surface area contributed by atoms with Crippen LogP contribution in [0.5, 0.6) is 0 Å². The van der Waals surface area contributed by atoms with E-state index < -0.39 is 31.0 Å². The lowest BCUT2D eigenvalue weighted by Gasteiger charge is -2.32. The summed E-state index contributed by atoms with van der Waals surface area (Å²) in [5.41, 5.74) is 1.02. The van der Waals surface area contributed by atoms with Crippen LogP contribution in [-0.4, -0.2) is 30.8 Å². The van der Waals surface area contributed by atoms with E-state index >= 15 is 0 Å². The third-order valence-corrected chi connectivity index (χ3v) is 6.70.